The first-order valence-corrected chi connectivity index (χ1v) is 9.83. The van der Waals surface area contributed by atoms with Gasteiger partial charge in [-0.25, -0.2) is 0 Å². The Kier molecular flexibility index (Phi) is 6.81. The van der Waals surface area contributed by atoms with Crippen LogP contribution in [0, 0.1) is 27.2 Å². The summed E-state index contributed by atoms with van der Waals surface area (Å²) in [7, 11) is 0. The van der Waals surface area contributed by atoms with E-state index >= 15 is 0 Å². The summed E-state index contributed by atoms with van der Waals surface area (Å²) in [5.41, 5.74) is -0.993. The average Bonchev–Trinajstić information content (AvgIpc) is 2.74. The summed E-state index contributed by atoms with van der Waals surface area (Å²) in [4.78, 5) is 36.7. The number of benzene rings is 2. The minimum atomic E-state index is -4.69. The van der Waals surface area contributed by atoms with Crippen LogP contribution in [0.3, 0.4) is 0 Å². The molecule has 0 unspecified atom stereocenters. The molecule has 1 fully saturated rings. The fourth-order valence-corrected chi connectivity index (χ4v) is 3.55. The number of halogens is 3. The molecule has 0 bridgehead atoms. The zero-order chi connectivity index (χ0) is 24.3. The number of rotatable bonds is 6. The van der Waals surface area contributed by atoms with Gasteiger partial charge in [0.05, 0.1) is 22.0 Å². The zero-order valence-corrected chi connectivity index (χ0v) is 17.5. The monoisotopic (exact) mass is 467 g/mol. The van der Waals surface area contributed by atoms with E-state index in [-0.39, 0.29) is 42.6 Å². The highest BCUT2D eigenvalue weighted by atomic mass is 19.4. The lowest BCUT2D eigenvalue weighted by Crippen LogP contribution is -2.48. The lowest BCUT2D eigenvalue weighted by atomic mass is 10.1. The number of hydrogen-bond acceptors (Lipinski definition) is 7. The molecule has 1 N–H and O–H groups in total. The summed E-state index contributed by atoms with van der Waals surface area (Å²) in [6.45, 7) is 2.82. The maximum absolute atomic E-state index is 12.9. The Bertz CT molecular complexity index is 1080. The number of hydrogen-bond donors (Lipinski definition) is 1. The topological polar surface area (TPSA) is 122 Å². The lowest BCUT2D eigenvalue weighted by Gasteiger charge is -2.35. The number of nitro groups is 2. The SMILES string of the molecule is Cc1ccc(NC(=O)CN2CCN(c3ccc(C(F)(F)F)cc3[N+](=O)[O-])CC2)cc1[N+](=O)[O-]. The van der Waals surface area contributed by atoms with Gasteiger partial charge >= 0.3 is 6.18 Å². The van der Waals surface area contributed by atoms with Crippen molar-refractivity contribution in [1.29, 1.82) is 0 Å². The van der Waals surface area contributed by atoms with Crippen molar-refractivity contribution in [2.24, 2.45) is 0 Å². The van der Waals surface area contributed by atoms with Gasteiger partial charge in [0.1, 0.15) is 5.69 Å². The van der Waals surface area contributed by atoms with E-state index in [1.54, 1.807) is 22.8 Å². The molecule has 1 aliphatic heterocycles. The first kappa shape index (κ1) is 23.9. The van der Waals surface area contributed by atoms with Crippen molar-refractivity contribution in [3.05, 3.63) is 67.8 Å². The molecule has 1 aliphatic rings. The Labute approximate surface area is 185 Å². The molecule has 33 heavy (non-hydrogen) atoms. The number of nitro benzene ring substituents is 2. The Balaban J connectivity index is 1.61. The molecule has 0 aliphatic carbocycles. The third kappa shape index (κ3) is 5.74. The highest BCUT2D eigenvalue weighted by Crippen LogP contribution is 2.36. The van der Waals surface area contributed by atoms with E-state index in [1.165, 1.54) is 12.1 Å². The van der Waals surface area contributed by atoms with Gasteiger partial charge in [-0.05, 0) is 25.1 Å². The van der Waals surface area contributed by atoms with E-state index in [1.807, 2.05) is 0 Å². The van der Waals surface area contributed by atoms with E-state index in [0.29, 0.717) is 24.7 Å². The van der Waals surface area contributed by atoms with Gasteiger partial charge in [-0.2, -0.15) is 13.2 Å². The second kappa shape index (κ2) is 9.40. The molecule has 3 rings (SSSR count). The van der Waals surface area contributed by atoms with Crippen LogP contribution in [0.4, 0.5) is 35.9 Å². The van der Waals surface area contributed by atoms with Gasteiger partial charge in [-0.3, -0.25) is 29.9 Å². The average molecular weight is 467 g/mol. The molecule has 1 heterocycles. The summed E-state index contributed by atoms with van der Waals surface area (Å²) in [6, 6.07) is 6.78. The predicted molar refractivity (Wildman–Crippen MR) is 113 cm³/mol. The molecular formula is C20H20F3N5O5. The number of alkyl halides is 3. The van der Waals surface area contributed by atoms with E-state index in [0.717, 1.165) is 12.1 Å². The normalized spacial score (nSPS) is 14.7. The minimum Gasteiger partial charge on any atom is -0.363 e. The van der Waals surface area contributed by atoms with Gasteiger partial charge < -0.3 is 10.2 Å². The molecule has 0 aromatic heterocycles. The number of carbonyl (C=O) groups is 1. The van der Waals surface area contributed by atoms with Crippen LogP contribution in [0.5, 0.6) is 0 Å². The number of anilines is 2. The standard InChI is InChI=1S/C20H20F3N5O5/c1-13-2-4-15(11-17(13)27(30)31)24-19(29)12-25-6-8-26(9-7-25)16-5-3-14(20(21,22)23)10-18(16)28(32)33/h2-5,10-11H,6-9,12H2,1H3,(H,24,29). The van der Waals surface area contributed by atoms with Gasteiger partial charge in [-0.15, -0.1) is 0 Å². The molecule has 1 amide bonds. The molecule has 10 nitrogen and oxygen atoms in total. The molecule has 13 heteroatoms. The third-order valence-corrected chi connectivity index (χ3v) is 5.27. The maximum Gasteiger partial charge on any atom is 0.416 e. The van der Waals surface area contributed by atoms with Crippen molar-refractivity contribution >= 4 is 28.7 Å². The maximum atomic E-state index is 12.9. The van der Waals surface area contributed by atoms with E-state index in [4.69, 9.17) is 0 Å². The first-order chi connectivity index (χ1) is 15.5. The smallest absolute Gasteiger partial charge is 0.363 e. The highest BCUT2D eigenvalue weighted by Gasteiger charge is 2.34. The molecule has 176 valence electrons. The highest BCUT2D eigenvalue weighted by molar-refractivity contribution is 5.92. The van der Waals surface area contributed by atoms with Crippen molar-refractivity contribution in [3.63, 3.8) is 0 Å². The second-order valence-electron chi connectivity index (χ2n) is 7.53. The molecule has 1 saturated heterocycles. The van der Waals surface area contributed by atoms with Crippen LogP contribution in [-0.2, 0) is 11.0 Å². The van der Waals surface area contributed by atoms with Gasteiger partial charge in [0.2, 0.25) is 5.91 Å². The minimum absolute atomic E-state index is 0.00931. The van der Waals surface area contributed by atoms with Crippen LogP contribution in [-0.4, -0.2) is 53.4 Å². The van der Waals surface area contributed by atoms with E-state index in [2.05, 4.69) is 5.32 Å². The van der Waals surface area contributed by atoms with Crippen molar-refractivity contribution in [3.8, 4) is 0 Å². The fraction of sp³-hybridized carbons (Fsp3) is 0.350. The summed E-state index contributed by atoms with van der Waals surface area (Å²) < 4.78 is 38.7. The van der Waals surface area contributed by atoms with Crippen LogP contribution in [0.15, 0.2) is 36.4 Å². The summed E-state index contributed by atoms with van der Waals surface area (Å²) in [5.74, 6) is -0.387. The van der Waals surface area contributed by atoms with E-state index < -0.39 is 27.3 Å². The molecule has 2 aromatic carbocycles. The van der Waals surface area contributed by atoms with Gasteiger partial charge in [0, 0.05) is 49.6 Å². The van der Waals surface area contributed by atoms with Crippen LogP contribution in [0.25, 0.3) is 0 Å². The predicted octanol–water partition coefficient (Wildman–Crippen LogP) is 3.59. The molecule has 2 aromatic rings. The Morgan fingerprint density at radius 1 is 1.00 bits per heavy atom. The van der Waals surface area contributed by atoms with Crippen molar-refractivity contribution in [2.45, 2.75) is 13.1 Å². The fourth-order valence-electron chi connectivity index (χ4n) is 3.55. The Hall–Kier alpha value is -3.74. The quantitative estimate of drug-likeness (QED) is 0.509. The van der Waals surface area contributed by atoms with Crippen LogP contribution in [0.1, 0.15) is 11.1 Å². The number of aryl methyl sites for hydroxylation is 1. The lowest BCUT2D eigenvalue weighted by molar-refractivity contribution is -0.385. The van der Waals surface area contributed by atoms with Crippen LogP contribution in [0.2, 0.25) is 0 Å². The Morgan fingerprint density at radius 3 is 2.21 bits per heavy atom. The number of piperazine rings is 1. The second-order valence-corrected chi connectivity index (χ2v) is 7.53. The van der Waals surface area contributed by atoms with Crippen molar-refractivity contribution in [1.82, 2.24) is 4.90 Å². The number of amides is 1. The largest absolute Gasteiger partial charge is 0.416 e. The summed E-state index contributed by atoms with van der Waals surface area (Å²) in [6.07, 6.45) is -4.69. The Morgan fingerprint density at radius 2 is 1.64 bits per heavy atom. The molecule has 0 saturated carbocycles. The van der Waals surface area contributed by atoms with Crippen molar-refractivity contribution < 1.29 is 27.8 Å². The first-order valence-electron chi connectivity index (χ1n) is 9.83. The molecule has 0 radical (unpaired) electrons. The summed E-state index contributed by atoms with van der Waals surface area (Å²) in [5, 5.41) is 25.0. The van der Waals surface area contributed by atoms with E-state index in [9.17, 15) is 38.2 Å². The van der Waals surface area contributed by atoms with Gasteiger partial charge in [0.15, 0.2) is 0 Å². The van der Waals surface area contributed by atoms with Gasteiger partial charge in [0.25, 0.3) is 11.4 Å². The third-order valence-electron chi connectivity index (χ3n) is 5.27. The number of nitrogens with zero attached hydrogens (tertiary/aromatic N) is 4. The van der Waals surface area contributed by atoms with Crippen LogP contribution < -0.4 is 10.2 Å². The molecular weight excluding hydrogens is 447 g/mol. The van der Waals surface area contributed by atoms with Gasteiger partial charge in [-0.1, -0.05) is 6.07 Å². The summed E-state index contributed by atoms with van der Waals surface area (Å²) >= 11 is 0. The molecule has 0 spiro atoms. The zero-order valence-electron chi connectivity index (χ0n) is 17.5. The number of nitrogens with one attached hydrogen (secondary N) is 1. The molecule has 0 atom stereocenters. The number of carbonyl (C=O) groups excluding carboxylic acids is 1. The van der Waals surface area contributed by atoms with Crippen molar-refractivity contribution in [2.75, 3.05) is 42.9 Å². The van der Waals surface area contributed by atoms with Crippen LogP contribution >= 0.6 is 0 Å².